The van der Waals surface area contributed by atoms with Crippen LogP contribution in [0.2, 0.25) is 0 Å². The highest BCUT2D eigenvalue weighted by molar-refractivity contribution is 7.14. The van der Waals surface area contributed by atoms with Crippen LogP contribution in [0.1, 0.15) is 24.1 Å². The van der Waals surface area contributed by atoms with Gasteiger partial charge in [0.25, 0.3) is 5.91 Å². The molecular weight excluding hydrogens is 384 g/mol. The van der Waals surface area contributed by atoms with E-state index < -0.39 is 0 Å². The summed E-state index contributed by atoms with van der Waals surface area (Å²) in [5, 5.41) is 8.31. The number of benzene rings is 2. The van der Waals surface area contributed by atoms with E-state index in [0.29, 0.717) is 23.8 Å². The lowest BCUT2D eigenvalue weighted by Gasteiger charge is -2.26. The van der Waals surface area contributed by atoms with Crippen molar-refractivity contribution in [1.29, 1.82) is 0 Å². The summed E-state index contributed by atoms with van der Waals surface area (Å²) >= 11 is 1.41. The summed E-state index contributed by atoms with van der Waals surface area (Å²) < 4.78 is 0. The summed E-state index contributed by atoms with van der Waals surface area (Å²) in [5.41, 5.74) is 2.90. The van der Waals surface area contributed by atoms with Crippen molar-refractivity contribution < 1.29 is 9.59 Å². The molecule has 1 aliphatic heterocycles. The number of nitrogens with zero attached hydrogens (tertiary/aromatic N) is 4. The van der Waals surface area contributed by atoms with E-state index in [4.69, 9.17) is 0 Å². The molecule has 0 unspecified atom stereocenters. The van der Waals surface area contributed by atoms with Crippen molar-refractivity contribution in [3.05, 3.63) is 77.3 Å². The fourth-order valence-corrected chi connectivity index (χ4v) is 3.92. The van der Waals surface area contributed by atoms with Crippen molar-refractivity contribution in [2.24, 2.45) is 5.10 Å². The van der Waals surface area contributed by atoms with Gasteiger partial charge in [0.05, 0.1) is 17.9 Å². The minimum atomic E-state index is -0.254. The molecule has 2 aromatic carbocycles. The average Bonchev–Trinajstić information content (AvgIpc) is 3.17. The Morgan fingerprint density at radius 2 is 1.76 bits per heavy atom. The van der Waals surface area contributed by atoms with E-state index in [2.05, 4.69) is 10.1 Å². The number of thiazole rings is 1. The van der Waals surface area contributed by atoms with Crippen LogP contribution in [0, 0.1) is 6.92 Å². The fraction of sp³-hybridized carbons (Fsp3) is 0.182. The van der Waals surface area contributed by atoms with Gasteiger partial charge in [0.2, 0.25) is 5.91 Å². The Morgan fingerprint density at radius 1 is 1.07 bits per heavy atom. The second-order valence-corrected chi connectivity index (χ2v) is 7.57. The number of carbonyl (C=O) groups is 2. The number of hydrogen-bond donors (Lipinski definition) is 0. The molecule has 0 N–H and O–H groups in total. The van der Waals surface area contributed by atoms with Gasteiger partial charge < -0.3 is 0 Å². The minimum absolute atomic E-state index is 0.0817. The van der Waals surface area contributed by atoms with Crippen molar-refractivity contribution in [3.63, 3.8) is 0 Å². The van der Waals surface area contributed by atoms with Crippen molar-refractivity contribution >= 4 is 39.7 Å². The molecule has 3 aromatic rings. The average molecular weight is 404 g/mol. The van der Waals surface area contributed by atoms with Gasteiger partial charge in [-0.2, -0.15) is 5.10 Å². The van der Waals surface area contributed by atoms with Gasteiger partial charge in [-0.15, -0.1) is 11.3 Å². The molecular formula is C22H20N4O2S. The molecule has 0 aliphatic carbocycles. The van der Waals surface area contributed by atoms with Gasteiger partial charge in [-0.25, -0.2) is 9.99 Å². The van der Waals surface area contributed by atoms with Crippen LogP contribution in [0.15, 0.2) is 71.1 Å². The van der Waals surface area contributed by atoms with E-state index in [0.717, 1.165) is 16.9 Å². The highest BCUT2D eigenvalue weighted by atomic mass is 32.1. The standard InChI is InChI=1S/C22H20N4O2S/c1-16-15-29-22(23-16)26(18-10-6-3-7-11-18)21(28)19-12-13-20(27)25(24-19)14-17-8-4-2-5-9-17/h2-11,15H,12-14H2,1H3. The lowest BCUT2D eigenvalue weighted by atomic mass is 10.1. The van der Waals surface area contributed by atoms with Crippen LogP contribution >= 0.6 is 11.3 Å². The fourth-order valence-electron chi connectivity index (χ4n) is 3.10. The second-order valence-electron chi connectivity index (χ2n) is 6.73. The summed E-state index contributed by atoms with van der Waals surface area (Å²) in [7, 11) is 0. The predicted molar refractivity (Wildman–Crippen MR) is 114 cm³/mol. The number of anilines is 2. The van der Waals surface area contributed by atoms with Crippen LogP contribution < -0.4 is 4.90 Å². The lowest BCUT2D eigenvalue weighted by molar-refractivity contribution is -0.132. The number of carbonyl (C=O) groups excluding carboxylic acids is 2. The zero-order valence-corrected chi connectivity index (χ0v) is 16.8. The quantitative estimate of drug-likeness (QED) is 0.637. The summed E-state index contributed by atoms with van der Waals surface area (Å²) in [6.07, 6.45) is 0.577. The van der Waals surface area contributed by atoms with Gasteiger partial charge in [-0.1, -0.05) is 48.5 Å². The van der Waals surface area contributed by atoms with Crippen LogP contribution in [0.5, 0.6) is 0 Å². The van der Waals surface area contributed by atoms with E-state index in [1.807, 2.05) is 73.0 Å². The zero-order chi connectivity index (χ0) is 20.2. The first-order chi connectivity index (χ1) is 14.1. The molecule has 0 bridgehead atoms. The number of hydrazone groups is 1. The van der Waals surface area contributed by atoms with E-state index in [-0.39, 0.29) is 18.2 Å². The maximum absolute atomic E-state index is 13.4. The smallest absolute Gasteiger partial charge is 0.273 e. The Morgan fingerprint density at radius 3 is 2.41 bits per heavy atom. The molecule has 6 nitrogen and oxygen atoms in total. The molecule has 0 saturated heterocycles. The van der Waals surface area contributed by atoms with Crippen LogP contribution in [0.4, 0.5) is 10.8 Å². The van der Waals surface area contributed by atoms with Gasteiger partial charge in [-0.3, -0.25) is 14.5 Å². The van der Waals surface area contributed by atoms with E-state index >= 15 is 0 Å². The SMILES string of the molecule is Cc1csc(N(C(=O)C2=NN(Cc3ccccc3)C(=O)CC2)c2ccccc2)n1. The summed E-state index contributed by atoms with van der Waals surface area (Å²) in [5.74, 6) is -0.335. The molecule has 29 heavy (non-hydrogen) atoms. The van der Waals surface area contributed by atoms with Crippen LogP contribution in [0.25, 0.3) is 0 Å². The molecule has 1 aliphatic rings. The molecule has 4 rings (SSSR count). The van der Waals surface area contributed by atoms with E-state index in [1.165, 1.54) is 16.3 Å². The van der Waals surface area contributed by atoms with Crippen molar-refractivity contribution in [2.45, 2.75) is 26.3 Å². The number of aryl methyl sites for hydroxylation is 1. The highest BCUT2D eigenvalue weighted by Crippen LogP contribution is 2.29. The van der Waals surface area contributed by atoms with Crippen LogP contribution in [-0.2, 0) is 16.1 Å². The van der Waals surface area contributed by atoms with Crippen molar-refractivity contribution in [3.8, 4) is 0 Å². The largest absolute Gasteiger partial charge is 0.280 e. The monoisotopic (exact) mass is 404 g/mol. The van der Waals surface area contributed by atoms with Gasteiger partial charge in [0.15, 0.2) is 5.13 Å². The van der Waals surface area contributed by atoms with Gasteiger partial charge >= 0.3 is 0 Å². The van der Waals surface area contributed by atoms with Crippen LogP contribution in [0.3, 0.4) is 0 Å². The number of para-hydroxylation sites is 1. The third-order valence-corrected chi connectivity index (χ3v) is 5.49. The summed E-state index contributed by atoms with van der Waals surface area (Å²) in [4.78, 5) is 31.9. The number of aromatic nitrogens is 1. The van der Waals surface area contributed by atoms with Crippen molar-refractivity contribution in [2.75, 3.05) is 4.90 Å². The molecule has 7 heteroatoms. The van der Waals surface area contributed by atoms with E-state index in [9.17, 15) is 9.59 Å². The first-order valence-corrected chi connectivity index (χ1v) is 10.2. The zero-order valence-electron chi connectivity index (χ0n) is 16.0. The molecule has 0 spiro atoms. The maximum atomic E-state index is 13.4. The highest BCUT2D eigenvalue weighted by Gasteiger charge is 2.30. The normalized spacial score (nSPS) is 13.9. The number of hydrogen-bond acceptors (Lipinski definition) is 5. The lowest BCUT2D eigenvalue weighted by Crippen LogP contribution is -2.39. The predicted octanol–water partition coefficient (Wildman–Crippen LogP) is 4.29. The Labute approximate surface area is 173 Å². The Balaban J connectivity index is 1.66. The summed E-state index contributed by atoms with van der Waals surface area (Å²) in [6.45, 7) is 2.24. The number of amides is 2. The molecule has 0 saturated carbocycles. The number of rotatable bonds is 5. The van der Waals surface area contributed by atoms with Gasteiger partial charge in [-0.05, 0) is 24.6 Å². The first-order valence-electron chi connectivity index (χ1n) is 9.35. The molecule has 2 heterocycles. The Bertz CT molecular complexity index is 1050. The summed E-state index contributed by atoms with van der Waals surface area (Å²) in [6, 6.07) is 19.0. The molecule has 1 aromatic heterocycles. The second kappa shape index (κ2) is 8.36. The van der Waals surface area contributed by atoms with E-state index in [1.54, 1.807) is 4.90 Å². The Kier molecular flexibility index (Phi) is 5.48. The minimum Gasteiger partial charge on any atom is -0.273 e. The topological polar surface area (TPSA) is 65.9 Å². The molecule has 2 amide bonds. The third kappa shape index (κ3) is 4.25. The van der Waals surface area contributed by atoms with Crippen molar-refractivity contribution in [1.82, 2.24) is 9.99 Å². The molecule has 0 radical (unpaired) electrons. The molecule has 0 atom stereocenters. The van der Waals surface area contributed by atoms with Gasteiger partial charge in [0, 0.05) is 18.2 Å². The molecule has 146 valence electrons. The first kappa shape index (κ1) is 19.0. The van der Waals surface area contributed by atoms with Gasteiger partial charge in [0.1, 0.15) is 5.71 Å². The third-order valence-electron chi connectivity index (χ3n) is 4.54. The van der Waals surface area contributed by atoms with Crippen LogP contribution in [-0.4, -0.2) is 27.5 Å². The molecule has 0 fully saturated rings. The Hall–Kier alpha value is -3.32. The maximum Gasteiger partial charge on any atom is 0.280 e.